The summed E-state index contributed by atoms with van der Waals surface area (Å²) in [5, 5.41) is 0. The largest absolute Gasteiger partial charge is 0.297 e. The Morgan fingerprint density at radius 2 is 1.77 bits per heavy atom. The summed E-state index contributed by atoms with van der Waals surface area (Å²) in [6.07, 6.45) is 3.10. The van der Waals surface area contributed by atoms with Gasteiger partial charge in [0.05, 0.1) is 0 Å². The number of hydrogen-bond acceptors (Lipinski definition) is 1. The van der Waals surface area contributed by atoms with Gasteiger partial charge in [0.15, 0.2) is 0 Å². The van der Waals surface area contributed by atoms with E-state index in [0.717, 1.165) is 19.0 Å². The first-order valence-electron chi connectivity index (χ1n) is 5.65. The topological polar surface area (TPSA) is 3.24 Å². The Kier molecular flexibility index (Phi) is 4.17. The third kappa shape index (κ3) is 2.94. The quantitative estimate of drug-likeness (QED) is 0.610. The number of rotatable bonds is 1. The minimum Gasteiger partial charge on any atom is -0.297 e. The van der Waals surface area contributed by atoms with Crippen LogP contribution in [-0.2, 0) is 0 Å². The van der Waals surface area contributed by atoms with Crippen LogP contribution in [0.1, 0.15) is 40.0 Å². The van der Waals surface area contributed by atoms with Crippen molar-refractivity contribution in [1.29, 1.82) is 0 Å². The SMILES string of the molecule is CC.CC1CCN(C2CC2)CC1F. The van der Waals surface area contributed by atoms with E-state index in [4.69, 9.17) is 0 Å². The highest BCUT2D eigenvalue weighted by Gasteiger charge is 2.34. The fourth-order valence-electron chi connectivity index (χ4n) is 1.82. The van der Waals surface area contributed by atoms with Crippen molar-refractivity contribution >= 4 is 0 Å². The van der Waals surface area contributed by atoms with Gasteiger partial charge < -0.3 is 0 Å². The standard InChI is InChI=1S/C9H16FN.C2H6/c1-7-4-5-11(6-9(7)10)8-2-3-8;1-2/h7-9H,2-6H2,1H3;1-2H3. The number of nitrogens with zero attached hydrogens (tertiary/aromatic N) is 1. The van der Waals surface area contributed by atoms with Crippen molar-refractivity contribution in [3.8, 4) is 0 Å². The van der Waals surface area contributed by atoms with Crippen LogP contribution >= 0.6 is 0 Å². The lowest BCUT2D eigenvalue weighted by Crippen LogP contribution is -2.41. The van der Waals surface area contributed by atoms with Crippen LogP contribution in [-0.4, -0.2) is 30.2 Å². The molecule has 1 saturated carbocycles. The zero-order valence-electron chi connectivity index (χ0n) is 9.09. The third-order valence-electron chi connectivity index (χ3n) is 2.96. The minimum absolute atomic E-state index is 0.296. The average molecular weight is 187 g/mol. The number of hydrogen-bond donors (Lipinski definition) is 0. The van der Waals surface area contributed by atoms with Gasteiger partial charge in [-0.15, -0.1) is 0 Å². The molecule has 1 saturated heterocycles. The molecule has 78 valence electrons. The van der Waals surface area contributed by atoms with E-state index in [-0.39, 0.29) is 0 Å². The van der Waals surface area contributed by atoms with Gasteiger partial charge >= 0.3 is 0 Å². The van der Waals surface area contributed by atoms with Crippen LogP contribution in [0, 0.1) is 5.92 Å². The van der Waals surface area contributed by atoms with Gasteiger partial charge in [-0.25, -0.2) is 4.39 Å². The molecule has 1 heterocycles. The third-order valence-corrected chi connectivity index (χ3v) is 2.96. The molecule has 1 nitrogen and oxygen atoms in total. The molecule has 0 aromatic carbocycles. The van der Waals surface area contributed by atoms with Gasteiger partial charge in [0, 0.05) is 12.6 Å². The summed E-state index contributed by atoms with van der Waals surface area (Å²) in [5.74, 6) is 0.296. The smallest absolute Gasteiger partial charge is 0.115 e. The van der Waals surface area contributed by atoms with E-state index in [2.05, 4.69) is 4.90 Å². The molecule has 2 heteroatoms. The normalized spacial score (nSPS) is 35.1. The lowest BCUT2D eigenvalue weighted by Gasteiger charge is -2.32. The van der Waals surface area contributed by atoms with Crippen LogP contribution in [0.5, 0.6) is 0 Å². The molecule has 2 unspecified atom stereocenters. The first-order chi connectivity index (χ1) is 6.27. The summed E-state index contributed by atoms with van der Waals surface area (Å²) < 4.78 is 13.2. The minimum atomic E-state index is -0.565. The molecule has 0 aromatic heterocycles. The van der Waals surface area contributed by atoms with Gasteiger partial charge in [0.2, 0.25) is 0 Å². The van der Waals surface area contributed by atoms with Crippen LogP contribution in [0.3, 0.4) is 0 Å². The van der Waals surface area contributed by atoms with Crippen LogP contribution in [0.4, 0.5) is 4.39 Å². The van der Waals surface area contributed by atoms with Crippen molar-refractivity contribution in [2.75, 3.05) is 13.1 Å². The second kappa shape index (κ2) is 4.94. The van der Waals surface area contributed by atoms with Gasteiger partial charge in [0.25, 0.3) is 0 Å². The van der Waals surface area contributed by atoms with E-state index in [9.17, 15) is 4.39 Å². The summed E-state index contributed by atoms with van der Waals surface area (Å²) in [7, 11) is 0. The van der Waals surface area contributed by atoms with Crippen molar-refractivity contribution in [2.45, 2.75) is 52.2 Å². The number of piperidine rings is 1. The molecule has 1 aliphatic carbocycles. The molecule has 0 aromatic rings. The molecule has 2 fully saturated rings. The highest BCUT2D eigenvalue weighted by molar-refractivity contribution is 4.89. The second-order valence-corrected chi connectivity index (χ2v) is 4.01. The van der Waals surface area contributed by atoms with Crippen LogP contribution < -0.4 is 0 Å². The van der Waals surface area contributed by atoms with Crippen molar-refractivity contribution < 1.29 is 4.39 Å². The van der Waals surface area contributed by atoms with Crippen molar-refractivity contribution in [2.24, 2.45) is 5.92 Å². The monoisotopic (exact) mass is 187 g/mol. The molecular weight excluding hydrogens is 165 g/mol. The highest BCUT2D eigenvalue weighted by atomic mass is 19.1. The van der Waals surface area contributed by atoms with E-state index in [1.807, 2.05) is 20.8 Å². The Hall–Kier alpha value is -0.110. The number of halogens is 1. The van der Waals surface area contributed by atoms with Gasteiger partial charge in [-0.05, 0) is 31.7 Å². The Balaban J connectivity index is 0.000000396. The summed E-state index contributed by atoms with van der Waals surface area (Å²) in [4.78, 5) is 2.32. The first-order valence-corrected chi connectivity index (χ1v) is 5.65. The van der Waals surface area contributed by atoms with E-state index in [1.165, 1.54) is 12.8 Å². The number of likely N-dealkylation sites (tertiary alicyclic amines) is 1. The summed E-state index contributed by atoms with van der Waals surface area (Å²) in [5.41, 5.74) is 0. The lowest BCUT2D eigenvalue weighted by molar-refractivity contribution is 0.0882. The first kappa shape index (κ1) is 11.0. The summed E-state index contributed by atoms with van der Waals surface area (Å²) in [6.45, 7) is 7.85. The average Bonchev–Trinajstić information content (AvgIpc) is 2.96. The fourth-order valence-corrected chi connectivity index (χ4v) is 1.82. The molecule has 0 radical (unpaired) electrons. The second-order valence-electron chi connectivity index (χ2n) is 4.01. The Morgan fingerprint density at radius 1 is 1.15 bits per heavy atom. The van der Waals surface area contributed by atoms with Gasteiger partial charge in [-0.1, -0.05) is 20.8 Å². The van der Waals surface area contributed by atoms with Crippen LogP contribution in [0.15, 0.2) is 0 Å². The van der Waals surface area contributed by atoms with Gasteiger partial charge in [-0.2, -0.15) is 0 Å². The van der Waals surface area contributed by atoms with Crippen LogP contribution in [0.25, 0.3) is 0 Å². The Morgan fingerprint density at radius 3 is 2.23 bits per heavy atom. The van der Waals surface area contributed by atoms with Crippen molar-refractivity contribution in [3.05, 3.63) is 0 Å². The molecule has 2 aliphatic rings. The van der Waals surface area contributed by atoms with E-state index >= 15 is 0 Å². The Bertz CT molecular complexity index is 145. The molecular formula is C11H22FN. The zero-order chi connectivity index (χ0) is 9.84. The summed E-state index contributed by atoms with van der Waals surface area (Å²) in [6, 6.07) is 0.751. The number of alkyl halides is 1. The van der Waals surface area contributed by atoms with E-state index in [1.54, 1.807) is 0 Å². The molecule has 2 rings (SSSR count). The predicted molar refractivity (Wildman–Crippen MR) is 54.6 cm³/mol. The maximum Gasteiger partial charge on any atom is 0.115 e. The van der Waals surface area contributed by atoms with E-state index < -0.39 is 6.17 Å². The lowest BCUT2D eigenvalue weighted by atomic mass is 9.97. The maximum absolute atomic E-state index is 13.2. The molecule has 13 heavy (non-hydrogen) atoms. The Labute approximate surface area is 81.3 Å². The predicted octanol–water partition coefficient (Wildman–Crippen LogP) is 2.85. The van der Waals surface area contributed by atoms with Crippen molar-refractivity contribution in [3.63, 3.8) is 0 Å². The molecule has 0 N–H and O–H groups in total. The molecule has 1 aliphatic heterocycles. The van der Waals surface area contributed by atoms with Crippen molar-refractivity contribution in [1.82, 2.24) is 4.90 Å². The van der Waals surface area contributed by atoms with Gasteiger partial charge in [-0.3, -0.25) is 4.90 Å². The summed E-state index contributed by atoms with van der Waals surface area (Å²) >= 11 is 0. The van der Waals surface area contributed by atoms with Gasteiger partial charge in [0.1, 0.15) is 6.17 Å². The highest BCUT2D eigenvalue weighted by Crippen LogP contribution is 2.31. The fraction of sp³-hybridized carbons (Fsp3) is 1.00. The maximum atomic E-state index is 13.2. The molecule has 0 bridgehead atoms. The molecule has 0 amide bonds. The molecule has 0 spiro atoms. The van der Waals surface area contributed by atoms with E-state index in [0.29, 0.717) is 12.5 Å². The van der Waals surface area contributed by atoms with Crippen LogP contribution in [0.2, 0.25) is 0 Å². The zero-order valence-corrected chi connectivity index (χ0v) is 9.09. The molecule has 2 atom stereocenters.